The van der Waals surface area contributed by atoms with Crippen molar-refractivity contribution in [3.05, 3.63) is 60.2 Å². The maximum absolute atomic E-state index is 11.6. The van der Waals surface area contributed by atoms with Crippen LogP contribution in [0.4, 0.5) is 10.5 Å². The van der Waals surface area contributed by atoms with Gasteiger partial charge in [0.2, 0.25) is 0 Å². The monoisotopic (exact) mass is 285 g/mol. The van der Waals surface area contributed by atoms with Crippen molar-refractivity contribution in [2.45, 2.75) is 13.5 Å². The molecule has 2 aromatic rings. The molecule has 2 rings (SSSR count). The third-order valence-corrected chi connectivity index (χ3v) is 2.58. The van der Waals surface area contributed by atoms with Gasteiger partial charge in [0.1, 0.15) is 12.4 Å². The number of hydrogen-bond donors (Lipinski definition) is 1. The third-order valence-electron chi connectivity index (χ3n) is 2.58. The van der Waals surface area contributed by atoms with E-state index in [-0.39, 0.29) is 6.61 Å². The first-order valence-corrected chi connectivity index (χ1v) is 6.39. The fourth-order valence-electron chi connectivity index (χ4n) is 1.65. The summed E-state index contributed by atoms with van der Waals surface area (Å²) in [6, 6.07) is 15.8. The van der Waals surface area contributed by atoms with Crippen molar-refractivity contribution in [1.82, 2.24) is 0 Å². The number of benzene rings is 2. The minimum Gasteiger partial charge on any atom is -0.444 e. The van der Waals surface area contributed by atoms with Gasteiger partial charge >= 0.3 is 12.1 Å². The highest BCUT2D eigenvalue weighted by Gasteiger charge is 2.04. The minimum absolute atomic E-state index is 0.207. The molecule has 0 heterocycles. The lowest BCUT2D eigenvalue weighted by molar-refractivity contribution is -0.131. The molecule has 5 nitrogen and oxygen atoms in total. The van der Waals surface area contributed by atoms with Crippen molar-refractivity contribution in [3.8, 4) is 5.75 Å². The van der Waals surface area contributed by atoms with Crippen LogP contribution in [0.1, 0.15) is 12.5 Å². The molecule has 5 heteroatoms. The SMILES string of the molecule is CC(=O)Oc1ccc(NC(=O)OCc2ccccc2)cc1. The second kappa shape index (κ2) is 7.09. The van der Waals surface area contributed by atoms with Crippen LogP contribution in [0.2, 0.25) is 0 Å². The summed E-state index contributed by atoms with van der Waals surface area (Å²) in [6.07, 6.45) is -0.543. The van der Waals surface area contributed by atoms with Crippen molar-refractivity contribution >= 4 is 17.7 Å². The zero-order valence-electron chi connectivity index (χ0n) is 11.5. The Balaban J connectivity index is 1.83. The molecule has 0 radical (unpaired) electrons. The van der Waals surface area contributed by atoms with E-state index in [1.54, 1.807) is 24.3 Å². The molecule has 108 valence electrons. The number of anilines is 1. The van der Waals surface area contributed by atoms with Crippen LogP contribution in [0.3, 0.4) is 0 Å². The van der Waals surface area contributed by atoms with E-state index >= 15 is 0 Å². The number of esters is 1. The zero-order valence-corrected chi connectivity index (χ0v) is 11.5. The Kier molecular flexibility index (Phi) is 4.93. The Hall–Kier alpha value is -2.82. The lowest BCUT2D eigenvalue weighted by Gasteiger charge is -2.07. The number of ether oxygens (including phenoxy) is 2. The Labute approximate surface area is 122 Å². The second-order valence-electron chi connectivity index (χ2n) is 4.30. The summed E-state index contributed by atoms with van der Waals surface area (Å²) in [6.45, 7) is 1.53. The van der Waals surface area contributed by atoms with Gasteiger partial charge in [0.15, 0.2) is 0 Å². The van der Waals surface area contributed by atoms with E-state index in [1.807, 2.05) is 30.3 Å². The van der Waals surface area contributed by atoms with E-state index in [9.17, 15) is 9.59 Å². The van der Waals surface area contributed by atoms with Crippen LogP contribution in [-0.4, -0.2) is 12.1 Å². The van der Waals surface area contributed by atoms with Gasteiger partial charge in [0, 0.05) is 12.6 Å². The molecule has 2 aromatic carbocycles. The smallest absolute Gasteiger partial charge is 0.411 e. The lowest BCUT2D eigenvalue weighted by atomic mass is 10.2. The summed E-state index contributed by atoms with van der Waals surface area (Å²) < 4.78 is 9.99. The predicted molar refractivity (Wildman–Crippen MR) is 78.0 cm³/mol. The van der Waals surface area contributed by atoms with Crippen molar-refractivity contribution in [2.75, 3.05) is 5.32 Å². The molecule has 0 unspecified atom stereocenters. The van der Waals surface area contributed by atoms with Gasteiger partial charge in [-0.2, -0.15) is 0 Å². The van der Waals surface area contributed by atoms with Gasteiger partial charge in [-0.1, -0.05) is 30.3 Å². The molecule has 0 fully saturated rings. The van der Waals surface area contributed by atoms with Gasteiger partial charge in [0.05, 0.1) is 0 Å². The Morgan fingerprint density at radius 1 is 1.00 bits per heavy atom. The molecular weight excluding hydrogens is 270 g/mol. The first kappa shape index (κ1) is 14.6. The summed E-state index contributed by atoms with van der Waals surface area (Å²) in [7, 11) is 0. The Bertz CT molecular complexity index is 608. The molecule has 21 heavy (non-hydrogen) atoms. The molecule has 0 bridgehead atoms. The average molecular weight is 285 g/mol. The van der Waals surface area contributed by atoms with Crippen molar-refractivity contribution in [1.29, 1.82) is 0 Å². The van der Waals surface area contributed by atoms with Gasteiger partial charge < -0.3 is 9.47 Å². The van der Waals surface area contributed by atoms with Gasteiger partial charge in [-0.05, 0) is 29.8 Å². The summed E-state index contributed by atoms with van der Waals surface area (Å²) in [5, 5.41) is 2.59. The average Bonchev–Trinajstić information content (AvgIpc) is 2.48. The van der Waals surface area contributed by atoms with Crippen LogP contribution in [0.25, 0.3) is 0 Å². The van der Waals surface area contributed by atoms with Crippen LogP contribution < -0.4 is 10.1 Å². The lowest BCUT2D eigenvalue weighted by Crippen LogP contribution is -2.13. The summed E-state index contributed by atoms with van der Waals surface area (Å²) in [5.74, 6) is 0.0312. The summed E-state index contributed by atoms with van der Waals surface area (Å²) >= 11 is 0. The predicted octanol–water partition coefficient (Wildman–Crippen LogP) is 3.36. The molecule has 0 aromatic heterocycles. The third kappa shape index (κ3) is 4.99. The first-order chi connectivity index (χ1) is 10.1. The van der Waals surface area contributed by atoms with Crippen LogP contribution in [0.5, 0.6) is 5.75 Å². The molecule has 0 atom stereocenters. The van der Waals surface area contributed by atoms with Crippen LogP contribution in [0, 0.1) is 0 Å². The van der Waals surface area contributed by atoms with E-state index in [0.717, 1.165) is 5.56 Å². The van der Waals surface area contributed by atoms with E-state index in [4.69, 9.17) is 9.47 Å². The molecule has 0 aliphatic heterocycles. The van der Waals surface area contributed by atoms with Crippen LogP contribution >= 0.6 is 0 Å². The Morgan fingerprint density at radius 2 is 1.67 bits per heavy atom. The first-order valence-electron chi connectivity index (χ1n) is 6.39. The van der Waals surface area contributed by atoms with Gasteiger partial charge in [-0.25, -0.2) is 4.79 Å². The van der Waals surface area contributed by atoms with Crippen molar-refractivity contribution in [3.63, 3.8) is 0 Å². The van der Waals surface area contributed by atoms with Crippen molar-refractivity contribution < 1.29 is 19.1 Å². The summed E-state index contributed by atoms with van der Waals surface area (Å²) in [5.41, 5.74) is 1.47. The topological polar surface area (TPSA) is 64.6 Å². The van der Waals surface area contributed by atoms with Gasteiger partial charge in [0.25, 0.3) is 0 Å². The van der Waals surface area contributed by atoms with Gasteiger partial charge in [-0.3, -0.25) is 10.1 Å². The maximum atomic E-state index is 11.6. The number of hydrogen-bond acceptors (Lipinski definition) is 4. The molecule has 0 aliphatic carbocycles. The van der Waals surface area contributed by atoms with E-state index in [0.29, 0.717) is 11.4 Å². The summed E-state index contributed by atoms with van der Waals surface area (Å²) in [4.78, 5) is 22.4. The normalized spacial score (nSPS) is 9.76. The quantitative estimate of drug-likeness (QED) is 0.691. The highest BCUT2D eigenvalue weighted by Crippen LogP contribution is 2.16. The zero-order chi connectivity index (χ0) is 15.1. The number of carbonyl (C=O) groups is 2. The fourth-order valence-corrected chi connectivity index (χ4v) is 1.65. The highest BCUT2D eigenvalue weighted by atomic mass is 16.5. The fraction of sp³-hybridized carbons (Fsp3) is 0.125. The van der Waals surface area contributed by atoms with E-state index in [1.165, 1.54) is 6.92 Å². The Morgan fingerprint density at radius 3 is 2.29 bits per heavy atom. The molecule has 0 spiro atoms. The molecule has 0 saturated heterocycles. The molecule has 1 N–H and O–H groups in total. The van der Waals surface area contributed by atoms with Crippen molar-refractivity contribution in [2.24, 2.45) is 0 Å². The van der Waals surface area contributed by atoms with Crippen LogP contribution in [0.15, 0.2) is 54.6 Å². The molecule has 1 amide bonds. The second-order valence-corrected chi connectivity index (χ2v) is 4.30. The van der Waals surface area contributed by atoms with Gasteiger partial charge in [-0.15, -0.1) is 0 Å². The molecule has 0 aliphatic rings. The van der Waals surface area contributed by atoms with E-state index < -0.39 is 12.1 Å². The largest absolute Gasteiger partial charge is 0.444 e. The molecule has 0 saturated carbocycles. The number of rotatable bonds is 4. The van der Waals surface area contributed by atoms with E-state index in [2.05, 4.69) is 5.32 Å². The minimum atomic E-state index is -0.543. The number of nitrogens with one attached hydrogen (secondary N) is 1. The number of amides is 1. The van der Waals surface area contributed by atoms with Crippen LogP contribution in [-0.2, 0) is 16.1 Å². The molecular formula is C16H15NO4. The highest BCUT2D eigenvalue weighted by molar-refractivity contribution is 5.84. The number of carbonyl (C=O) groups excluding carboxylic acids is 2. The standard InChI is InChI=1S/C16H15NO4/c1-12(18)21-15-9-7-14(8-10-15)17-16(19)20-11-13-5-3-2-4-6-13/h2-10H,11H2,1H3,(H,17,19). The maximum Gasteiger partial charge on any atom is 0.411 e.